The third-order valence-corrected chi connectivity index (χ3v) is 3.82. The average molecular weight is 319 g/mol. The second kappa shape index (κ2) is 6.87. The van der Waals surface area contributed by atoms with E-state index in [1.165, 1.54) is 5.56 Å². The maximum Gasteiger partial charge on any atom is 0.408 e. The van der Waals surface area contributed by atoms with Crippen molar-refractivity contribution in [1.82, 2.24) is 15.6 Å². The molecule has 0 radical (unpaired) electrons. The minimum absolute atomic E-state index is 0.250. The predicted octanol–water partition coefficient (Wildman–Crippen LogP) is 3.35. The first-order valence-electron chi connectivity index (χ1n) is 8.35. The quantitative estimate of drug-likeness (QED) is 0.893. The summed E-state index contributed by atoms with van der Waals surface area (Å²) in [5.41, 5.74) is 1.59. The van der Waals surface area contributed by atoms with Crippen molar-refractivity contribution in [2.45, 2.75) is 71.1 Å². The number of carbonyl (C=O) groups excluding carboxylic acids is 1. The molecule has 0 saturated carbocycles. The Kier molecular flexibility index (Phi) is 5.30. The molecule has 5 heteroatoms. The van der Waals surface area contributed by atoms with Crippen LogP contribution in [-0.4, -0.2) is 28.8 Å². The summed E-state index contributed by atoms with van der Waals surface area (Å²) in [6, 6.07) is 4.40. The fourth-order valence-corrected chi connectivity index (χ4v) is 2.81. The van der Waals surface area contributed by atoms with Gasteiger partial charge in [-0.2, -0.15) is 0 Å². The van der Waals surface area contributed by atoms with Crippen LogP contribution in [0, 0.1) is 0 Å². The number of fused-ring (bicyclic) bond motifs is 1. The highest BCUT2D eigenvalue weighted by Gasteiger charge is 2.27. The van der Waals surface area contributed by atoms with Crippen molar-refractivity contribution in [2.24, 2.45) is 0 Å². The molecule has 0 spiro atoms. The Morgan fingerprint density at radius 3 is 2.78 bits per heavy atom. The van der Waals surface area contributed by atoms with Crippen molar-refractivity contribution in [3.8, 4) is 0 Å². The third-order valence-electron chi connectivity index (χ3n) is 3.82. The predicted molar refractivity (Wildman–Crippen MR) is 91.4 cm³/mol. The molecule has 0 fully saturated rings. The van der Waals surface area contributed by atoms with Gasteiger partial charge in [0.15, 0.2) is 0 Å². The summed E-state index contributed by atoms with van der Waals surface area (Å²) < 4.78 is 5.33. The van der Waals surface area contributed by atoms with Gasteiger partial charge in [-0.15, -0.1) is 0 Å². The van der Waals surface area contributed by atoms with Gasteiger partial charge >= 0.3 is 6.09 Å². The number of nitrogens with one attached hydrogen (secondary N) is 2. The van der Waals surface area contributed by atoms with Crippen LogP contribution in [0.15, 0.2) is 18.3 Å². The van der Waals surface area contributed by atoms with Crippen LogP contribution in [0.1, 0.15) is 64.8 Å². The van der Waals surface area contributed by atoms with Crippen molar-refractivity contribution in [2.75, 3.05) is 6.54 Å². The van der Waals surface area contributed by atoms with E-state index in [-0.39, 0.29) is 12.1 Å². The van der Waals surface area contributed by atoms with Crippen LogP contribution < -0.4 is 10.6 Å². The number of hydrogen-bond acceptors (Lipinski definition) is 4. The SMILES string of the molecule is CC(C)(CNC1CCCc2cccnc21)NC(=O)OC(C)(C)C. The van der Waals surface area contributed by atoms with Gasteiger partial charge in [0.05, 0.1) is 11.2 Å². The van der Waals surface area contributed by atoms with Crippen molar-refractivity contribution in [3.63, 3.8) is 0 Å². The molecule has 1 aliphatic carbocycles. The number of aromatic nitrogens is 1. The standard InChI is InChI=1S/C18H29N3O2/c1-17(2,3)23-16(22)21-18(4,5)12-20-14-10-6-8-13-9-7-11-19-15(13)14/h7,9,11,14,20H,6,8,10,12H2,1-5H3,(H,21,22). The lowest BCUT2D eigenvalue weighted by atomic mass is 9.91. The molecule has 0 aliphatic heterocycles. The summed E-state index contributed by atoms with van der Waals surface area (Å²) in [7, 11) is 0. The first-order valence-corrected chi connectivity index (χ1v) is 8.35. The lowest BCUT2D eigenvalue weighted by Gasteiger charge is -2.32. The van der Waals surface area contributed by atoms with E-state index >= 15 is 0 Å². The van der Waals surface area contributed by atoms with E-state index in [0.717, 1.165) is 25.0 Å². The summed E-state index contributed by atoms with van der Waals surface area (Å²) in [6.45, 7) is 10.2. The van der Waals surface area contributed by atoms with Crippen LogP contribution >= 0.6 is 0 Å². The highest BCUT2D eigenvalue weighted by Crippen LogP contribution is 2.27. The molecule has 2 N–H and O–H groups in total. The Hall–Kier alpha value is -1.62. The molecular weight excluding hydrogens is 290 g/mol. The Morgan fingerprint density at radius 1 is 1.35 bits per heavy atom. The lowest BCUT2D eigenvalue weighted by molar-refractivity contribution is 0.0470. The third kappa shape index (κ3) is 5.50. The largest absolute Gasteiger partial charge is 0.444 e. The maximum atomic E-state index is 12.0. The van der Waals surface area contributed by atoms with E-state index in [1.807, 2.05) is 46.9 Å². The Balaban J connectivity index is 1.91. The van der Waals surface area contributed by atoms with Crippen LogP contribution in [-0.2, 0) is 11.2 Å². The summed E-state index contributed by atoms with van der Waals surface area (Å²) in [6.07, 6.45) is 4.80. The number of rotatable bonds is 4. The highest BCUT2D eigenvalue weighted by atomic mass is 16.6. The normalized spacial score (nSPS) is 18.2. The number of ether oxygens (including phenoxy) is 1. The molecule has 0 saturated heterocycles. The molecule has 1 aliphatic rings. The average Bonchev–Trinajstić information content (AvgIpc) is 2.42. The summed E-state index contributed by atoms with van der Waals surface area (Å²) in [4.78, 5) is 16.5. The molecule has 1 amide bonds. The number of nitrogens with zero attached hydrogens (tertiary/aromatic N) is 1. The van der Waals surface area contributed by atoms with Crippen molar-refractivity contribution < 1.29 is 9.53 Å². The summed E-state index contributed by atoms with van der Waals surface area (Å²) >= 11 is 0. The van der Waals surface area contributed by atoms with Crippen LogP contribution in [0.2, 0.25) is 0 Å². The Labute approximate surface area is 139 Å². The zero-order valence-electron chi connectivity index (χ0n) is 14.9. The number of alkyl carbamates (subject to hydrolysis) is 1. The Bertz CT molecular complexity index is 549. The minimum atomic E-state index is -0.486. The molecular formula is C18H29N3O2. The van der Waals surface area contributed by atoms with E-state index < -0.39 is 11.1 Å². The molecule has 23 heavy (non-hydrogen) atoms. The number of amides is 1. The van der Waals surface area contributed by atoms with Gasteiger partial charge < -0.3 is 15.4 Å². The Morgan fingerprint density at radius 2 is 2.09 bits per heavy atom. The molecule has 1 aromatic heterocycles. The molecule has 128 valence electrons. The van der Waals surface area contributed by atoms with E-state index in [4.69, 9.17) is 4.74 Å². The fraction of sp³-hybridized carbons (Fsp3) is 0.667. The molecule has 5 nitrogen and oxygen atoms in total. The second-order valence-electron chi connectivity index (χ2n) is 7.88. The summed E-state index contributed by atoms with van der Waals surface area (Å²) in [5, 5.41) is 6.49. The van der Waals surface area contributed by atoms with Gasteiger partial charge in [0.2, 0.25) is 0 Å². The fourth-order valence-electron chi connectivity index (χ4n) is 2.81. The van der Waals surface area contributed by atoms with Crippen LogP contribution in [0.25, 0.3) is 0 Å². The summed E-state index contributed by atoms with van der Waals surface area (Å²) in [5.74, 6) is 0. The molecule has 0 bridgehead atoms. The van der Waals surface area contributed by atoms with Gasteiger partial charge in [0, 0.05) is 18.8 Å². The van der Waals surface area contributed by atoms with E-state index in [1.54, 1.807) is 0 Å². The van der Waals surface area contributed by atoms with E-state index in [9.17, 15) is 4.79 Å². The zero-order valence-corrected chi connectivity index (χ0v) is 14.9. The smallest absolute Gasteiger partial charge is 0.408 e. The van der Waals surface area contributed by atoms with Gasteiger partial charge in [-0.3, -0.25) is 4.98 Å². The number of pyridine rings is 1. The molecule has 1 aromatic rings. The molecule has 1 atom stereocenters. The topological polar surface area (TPSA) is 63.2 Å². The molecule has 1 heterocycles. The first-order chi connectivity index (χ1) is 10.7. The number of carbonyl (C=O) groups is 1. The highest BCUT2D eigenvalue weighted by molar-refractivity contribution is 5.68. The monoisotopic (exact) mass is 319 g/mol. The zero-order chi connectivity index (χ0) is 17.1. The van der Waals surface area contributed by atoms with Crippen molar-refractivity contribution in [1.29, 1.82) is 0 Å². The van der Waals surface area contributed by atoms with E-state index in [2.05, 4.69) is 21.7 Å². The van der Waals surface area contributed by atoms with Crippen LogP contribution in [0.4, 0.5) is 4.79 Å². The van der Waals surface area contributed by atoms with Gasteiger partial charge in [-0.05, 0) is 65.5 Å². The lowest BCUT2D eigenvalue weighted by Crippen LogP contribution is -2.52. The van der Waals surface area contributed by atoms with Crippen molar-refractivity contribution in [3.05, 3.63) is 29.6 Å². The van der Waals surface area contributed by atoms with Crippen LogP contribution in [0.5, 0.6) is 0 Å². The maximum absolute atomic E-state index is 12.0. The molecule has 0 aromatic carbocycles. The number of hydrogen-bond donors (Lipinski definition) is 2. The van der Waals surface area contributed by atoms with Gasteiger partial charge in [-0.1, -0.05) is 6.07 Å². The first kappa shape index (κ1) is 17.7. The minimum Gasteiger partial charge on any atom is -0.444 e. The molecule has 2 rings (SSSR count). The van der Waals surface area contributed by atoms with Gasteiger partial charge in [-0.25, -0.2) is 4.79 Å². The number of aryl methyl sites for hydroxylation is 1. The van der Waals surface area contributed by atoms with Crippen molar-refractivity contribution >= 4 is 6.09 Å². The second-order valence-corrected chi connectivity index (χ2v) is 7.88. The van der Waals surface area contributed by atoms with Gasteiger partial charge in [0.25, 0.3) is 0 Å². The van der Waals surface area contributed by atoms with Crippen LogP contribution in [0.3, 0.4) is 0 Å². The van der Waals surface area contributed by atoms with Gasteiger partial charge in [0.1, 0.15) is 5.60 Å². The molecule has 1 unspecified atom stereocenters. The van der Waals surface area contributed by atoms with E-state index in [0.29, 0.717) is 6.54 Å².